The van der Waals surface area contributed by atoms with Crippen LogP contribution in [0.4, 0.5) is 0 Å². The highest BCUT2D eigenvalue weighted by Gasteiger charge is 2.11. The summed E-state index contributed by atoms with van der Waals surface area (Å²) in [6.45, 7) is 2.04. The molecule has 3 aromatic rings. The van der Waals surface area contributed by atoms with Crippen LogP contribution < -0.4 is 0 Å². The maximum absolute atomic E-state index is 5.39. The number of aromatic nitrogens is 3. The second-order valence-electron chi connectivity index (χ2n) is 4.90. The van der Waals surface area contributed by atoms with Gasteiger partial charge in [0.2, 0.25) is 0 Å². The van der Waals surface area contributed by atoms with Crippen molar-refractivity contribution in [2.45, 2.75) is 13.0 Å². The molecule has 2 heterocycles. The van der Waals surface area contributed by atoms with Gasteiger partial charge >= 0.3 is 0 Å². The molecule has 0 fully saturated rings. The molecule has 0 unspecified atom stereocenters. The predicted octanol–water partition coefficient (Wildman–Crippen LogP) is 3.85. The molecule has 4 nitrogen and oxygen atoms in total. The van der Waals surface area contributed by atoms with Crippen LogP contribution in [0.5, 0.6) is 0 Å². The van der Waals surface area contributed by atoms with E-state index >= 15 is 0 Å². The van der Waals surface area contributed by atoms with E-state index in [1.165, 1.54) is 0 Å². The fourth-order valence-corrected chi connectivity index (χ4v) is 2.34. The molecule has 4 heteroatoms. The first-order valence-electron chi connectivity index (χ1n) is 6.86. The van der Waals surface area contributed by atoms with Crippen LogP contribution in [0.1, 0.15) is 18.6 Å². The highest BCUT2D eigenvalue weighted by Crippen LogP contribution is 2.31. The highest BCUT2D eigenvalue weighted by molar-refractivity contribution is 5.80. The summed E-state index contributed by atoms with van der Waals surface area (Å²) >= 11 is 0. The molecule has 1 aromatic carbocycles. The van der Waals surface area contributed by atoms with Crippen LogP contribution in [-0.2, 0) is 4.74 Å². The average molecular weight is 279 g/mol. The number of methoxy groups -OCH3 is 1. The molecule has 0 aliphatic heterocycles. The monoisotopic (exact) mass is 279 g/mol. The molecule has 0 saturated heterocycles. The Kier molecular flexibility index (Phi) is 3.79. The molecular weight excluding hydrogens is 262 g/mol. The Bertz CT molecular complexity index is 722. The molecule has 3 rings (SSSR count). The van der Waals surface area contributed by atoms with E-state index in [1.54, 1.807) is 19.5 Å². The molecule has 0 spiro atoms. The summed E-state index contributed by atoms with van der Waals surface area (Å²) in [5, 5.41) is 7.27. The van der Waals surface area contributed by atoms with E-state index in [1.807, 2.05) is 31.3 Å². The summed E-state index contributed by atoms with van der Waals surface area (Å²) in [7, 11) is 1.72. The summed E-state index contributed by atoms with van der Waals surface area (Å²) in [6.07, 6.45) is 5.49. The van der Waals surface area contributed by atoms with Gasteiger partial charge in [0.25, 0.3) is 0 Å². The van der Waals surface area contributed by atoms with Crippen LogP contribution in [0.3, 0.4) is 0 Å². The normalized spacial score (nSPS) is 12.3. The van der Waals surface area contributed by atoms with Crippen molar-refractivity contribution in [3.63, 3.8) is 0 Å². The van der Waals surface area contributed by atoms with Gasteiger partial charge in [-0.3, -0.25) is 10.1 Å². The Morgan fingerprint density at radius 2 is 1.90 bits per heavy atom. The zero-order valence-electron chi connectivity index (χ0n) is 12.1. The molecule has 1 N–H and O–H groups in total. The number of rotatable bonds is 4. The van der Waals surface area contributed by atoms with Crippen molar-refractivity contribution in [2.24, 2.45) is 0 Å². The fraction of sp³-hybridized carbons (Fsp3) is 0.176. The number of H-pyrrole nitrogens is 1. The summed E-state index contributed by atoms with van der Waals surface area (Å²) in [4.78, 5) is 4.06. The molecule has 0 amide bonds. The first-order chi connectivity index (χ1) is 10.3. The van der Waals surface area contributed by atoms with E-state index in [2.05, 4.69) is 33.4 Å². The van der Waals surface area contributed by atoms with Gasteiger partial charge in [0.15, 0.2) is 0 Å². The van der Waals surface area contributed by atoms with Crippen molar-refractivity contribution in [3.05, 3.63) is 60.6 Å². The van der Waals surface area contributed by atoms with Crippen molar-refractivity contribution < 1.29 is 4.74 Å². The number of hydrogen-bond donors (Lipinski definition) is 1. The minimum absolute atomic E-state index is 0.0706. The number of ether oxygens (including phenoxy) is 1. The maximum atomic E-state index is 5.39. The lowest BCUT2D eigenvalue weighted by Crippen LogP contribution is -1.95. The largest absolute Gasteiger partial charge is 0.377 e. The number of aromatic amines is 1. The maximum Gasteiger partial charge on any atom is 0.0793 e. The van der Waals surface area contributed by atoms with Crippen LogP contribution in [0, 0.1) is 0 Å². The minimum atomic E-state index is 0.0706. The Morgan fingerprint density at radius 3 is 2.67 bits per heavy atom. The van der Waals surface area contributed by atoms with Gasteiger partial charge in [-0.2, -0.15) is 5.10 Å². The Balaban J connectivity index is 2.05. The van der Waals surface area contributed by atoms with E-state index in [9.17, 15) is 0 Å². The van der Waals surface area contributed by atoms with Gasteiger partial charge in [0.05, 0.1) is 18.0 Å². The van der Waals surface area contributed by atoms with E-state index in [4.69, 9.17) is 4.74 Å². The third-order valence-electron chi connectivity index (χ3n) is 3.63. The van der Waals surface area contributed by atoms with Gasteiger partial charge in [-0.15, -0.1) is 0 Å². The van der Waals surface area contributed by atoms with E-state index in [-0.39, 0.29) is 6.10 Å². The van der Waals surface area contributed by atoms with Crippen molar-refractivity contribution in [3.8, 4) is 22.4 Å². The van der Waals surface area contributed by atoms with Crippen LogP contribution in [-0.4, -0.2) is 22.3 Å². The van der Waals surface area contributed by atoms with Crippen molar-refractivity contribution in [2.75, 3.05) is 7.11 Å². The Morgan fingerprint density at radius 1 is 1.10 bits per heavy atom. The molecule has 0 radical (unpaired) electrons. The van der Waals surface area contributed by atoms with E-state index in [0.29, 0.717) is 0 Å². The third-order valence-corrected chi connectivity index (χ3v) is 3.63. The van der Waals surface area contributed by atoms with Gasteiger partial charge in [-0.05, 0) is 36.2 Å². The number of nitrogens with zero attached hydrogens (tertiary/aromatic N) is 2. The molecular formula is C17H17N3O. The highest BCUT2D eigenvalue weighted by atomic mass is 16.5. The second kappa shape index (κ2) is 5.89. The van der Waals surface area contributed by atoms with Crippen LogP contribution in [0.2, 0.25) is 0 Å². The minimum Gasteiger partial charge on any atom is -0.377 e. The van der Waals surface area contributed by atoms with E-state index < -0.39 is 0 Å². The number of nitrogens with one attached hydrogen (secondary N) is 1. The average Bonchev–Trinajstić information content (AvgIpc) is 3.04. The SMILES string of the molecule is CO[C@@H](C)c1cccc(-c2cn[nH]c2-c2ccncc2)c1. The van der Waals surface area contributed by atoms with Gasteiger partial charge in [-0.25, -0.2) is 0 Å². The first kappa shape index (κ1) is 13.5. The molecule has 0 saturated carbocycles. The van der Waals surface area contributed by atoms with Crippen molar-refractivity contribution in [1.82, 2.24) is 15.2 Å². The summed E-state index contributed by atoms with van der Waals surface area (Å²) in [6, 6.07) is 12.3. The molecule has 106 valence electrons. The lowest BCUT2D eigenvalue weighted by Gasteiger charge is -2.11. The summed E-state index contributed by atoms with van der Waals surface area (Å²) in [5.74, 6) is 0. The molecule has 0 aliphatic rings. The Labute approximate surface area is 123 Å². The molecule has 0 aliphatic carbocycles. The lowest BCUT2D eigenvalue weighted by molar-refractivity contribution is 0.119. The summed E-state index contributed by atoms with van der Waals surface area (Å²) < 4.78 is 5.39. The van der Waals surface area contributed by atoms with Crippen molar-refractivity contribution >= 4 is 0 Å². The topological polar surface area (TPSA) is 50.8 Å². The van der Waals surface area contributed by atoms with Crippen LogP contribution in [0.25, 0.3) is 22.4 Å². The van der Waals surface area contributed by atoms with Crippen molar-refractivity contribution in [1.29, 1.82) is 0 Å². The molecule has 0 bridgehead atoms. The van der Waals surface area contributed by atoms with Gasteiger partial charge < -0.3 is 4.74 Å². The summed E-state index contributed by atoms with van der Waals surface area (Å²) in [5.41, 5.74) is 5.42. The number of pyridine rings is 1. The second-order valence-corrected chi connectivity index (χ2v) is 4.90. The first-order valence-corrected chi connectivity index (χ1v) is 6.86. The molecule has 1 atom stereocenters. The quantitative estimate of drug-likeness (QED) is 0.789. The van der Waals surface area contributed by atoms with Gasteiger partial charge in [-0.1, -0.05) is 18.2 Å². The lowest BCUT2D eigenvalue weighted by atomic mass is 9.99. The fourth-order valence-electron chi connectivity index (χ4n) is 2.34. The predicted molar refractivity (Wildman–Crippen MR) is 82.7 cm³/mol. The standard InChI is InChI=1S/C17H17N3O/c1-12(21-2)14-4-3-5-15(10-14)16-11-19-20-17(16)13-6-8-18-9-7-13/h3-12H,1-2H3,(H,19,20)/t12-/m0/s1. The van der Waals surface area contributed by atoms with Crippen LogP contribution >= 0.6 is 0 Å². The molecule has 21 heavy (non-hydrogen) atoms. The third kappa shape index (κ3) is 2.71. The zero-order valence-corrected chi connectivity index (χ0v) is 12.1. The number of benzene rings is 1. The zero-order chi connectivity index (χ0) is 14.7. The smallest absolute Gasteiger partial charge is 0.0793 e. The van der Waals surface area contributed by atoms with E-state index in [0.717, 1.165) is 27.9 Å². The van der Waals surface area contributed by atoms with Gasteiger partial charge in [0, 0.05) is 30.6 Å². The number of hydrogen-bond acceptors (Lipinski definition) is 3. The Hall–Kier alpha value is -2.46. The molecule has 2 aromatic heterocycles. The van der Waals surface area contributed by atoms with Crippen LogP contribution in [0.15, 0.2) is 55.0 Å². The van der Waals surface area contributed by atoms with Gasteiger partial charge in [0.1, 0.15) is 0 Å².